The van der Waals surface area contributed by atoms with E-state index in [1.807, 2.05) is 11.5 Å². The van der Waals surface area contributed by atoms with E-state index in [2.05, 4.69) is 41.6 Å². The van der Waals surface area contributed by atoms with Gasteiger partial charge in [-0.3, -0.25) is 9.55 Å². The van der Waals surface area contributed by atoms with Crippen LogP contribution in [0.4, 0.5) is 10.2 Å². The molecule has 6 heterocycles. The lowest BCUT2D eigenvalue weighted by Gasteiger charge is -2.49. The third-order valence-corrected chi connectivity index (χ3v) is 6.77. The van der Waals surface area contributed by atoms with Gasteiger partial charge < -0.3 is 9.64 Å². The highest BCUT2D eigenvalue weighted by Gasteiger charge is 2.49. The first-order valence-electron chi connectivity index (χ1n) is 10.2. The molecular weight excluding hydrogens is 433 g/mol. The van der Waals surface area contributed by atoms with E-state index < -0.39 is 11.4 Å². The Morgan fingerprint density at radius 3 is 2.91 bits per heavy atom. The van der Waals surface area contributed by atoms with Crippen LogP contribution in [0.1, 0.15) is 25.0 Å². The van der Waals surface area contributed by atoms with Crippen LogP contribution in [0.25, 0.3) is 27.8 Å². The molecule has 0 N–H and O–H groups in total. The summed E-state index contributed by atoms with van der Waals surface area (Å²) < 4.78 is 25.3. The van der Waals surface area contributed by atoms with Crippen molar-refractivity contribution in [3.63, 3.8) is 0 Å². The zero-order valence-corrected chi connectivity index (χ0v) is 18.2. The Labute approximate surface area is 186 Å². The SMILES string of the molecule is CC[C@@]12COCCN1c1nc(-c3snnc3-c3ccc(F)cn3)ncc1-n1c(C)nnc12. The number of rotatable bonds is 3. The topological polar surface area (TPSA) is 108 Å². The molecule has 2 aliphatic rings. The summed E-state index contributed by atoms with van der Waals surface area (Å²) in [5, 5.41) is 13.0. The van der Waals surface area contributed by atoms with Crippen LogP contribution in [0.2, 0.25) is 0 Å². The number of aromatic nitrogens is 8. The summed E-state index contributed by atoms with van der Waals surface area (Å²) in [5.74, 6) is 2.49. The second-order valence-corrected chi connectivity index (χ2v) is 8.46. The van der Waals surface area contributed by atoms with Crippen LogP contribution in [0.15, 0.2) is 24.5 Å². The summed E-state index contributed by atoms with van der Waals surface area (Å²) in [6.07, 6.45) is 3.73. The van der Waals surface area contributed by atoms with E-state index in [4.69, 9.17) is 9.72 Å². The number of fused-ring (bicyclic) bond motifs is 6. The molecule has 0 bridgehead atoms. The molecule has 1 atom stereocenters. The van der Waals surface area contributed by atoms with Gasteiger partial charge >= 0.3 is 0 Å². The second-order valence-electron chi connectivity index (χ2n) is 7.71. The van der Waals surface area contributed by atoms with Crippen molar-refractivity contribution in [2.45, 2.75) is 25.8 Å². The number of nitrogens with zero attached hydrogens (tertiary/aromatic N) is 9. The van der Waals surface area contributed by atoms with Gasteiger partial charge in [0.25, 0.3) is 0 Å². The molecule has 1 saturated heterocycles. The van der Waals surface area contributed by atoms with Gasteiger partial charge in [0, 0.05) is 6.54 Å². The van der Waals surface area contributed by atoms with Crippen LogP contribution >= 0.6 is 11.5 Å². The molecule has 12 heteroatoms. The lowest BCUT2D eigenvalue weighted by molar-refractivity contribution is 0.0390. The van der Waals surface area contributed by atoms with Crippen LogP contribution in [0.5, 0.6) is 0 Å². The number of morpholine rings is 1. The number of anilines is 1. The Kier molecular flexibility index (Phi) is 4.27. The molecule has 2 aliphatic heterocycles. The summed E-state index contributed by atoms with van der Waals surface area (Å²) in [6, 6.07) is 2.92. The van der Waals surface area contributed by atoms with Crippen LogP contribution in [-0.4, -0.2) is 59.1 Å². The molecule has 4 aromatic heterocycles. The van der Waals surface area contributed by atoms with Crippen molar-refractivity contribution in [3.8, 4) is 27.8 Å². The maximum Gasteiger partial charge on any atom is 0.175 e. The van der Waals surface area contributed by atoms with Crippen LogP contribution < -0.4 is 4.90 Å². The standard InChI is InChI=1S/C20H18FN9OS/c1-3-20-10-31-7-6-29(20)18-14(30-11(2)25-27-19(20)30)9-23-17(24-18)16-15(26-28-32-16)13-5-4-12(21)8-22-13/h4-5,8-9H,3,6-7,10H2,1-2H3/t20-/m0/s1. The fraction of sp³-hybridized carbons (Fsp3) is 0.350. The van der Waals surface area contributed by atoms with Crippen molar-refractivity contribution in [1.29, 1.82) is 0 Å². The number of hydrogen-bond donors (Lipinski definition) is 0. The molecule has 1 fully saturated rings. The molecule has 0 unspecified atom stereocenters. The number of halogens is 1. The minimum absolute atomic E-state index is 0.410. The summed E-state index contributed by atoms with van der Waals surface area (Å²) in [6.45, 7) is 5.82. The van der Waals surface area contributed by atoms with E-state index >= 15 is 0 Å². The van der Waals surface area contributed by atoms with Crippen molar-refractivity contribution < 1.29 is 9.13 Å². The zero-order valence-electron chi connectivity index (χ0n) is 17.4. The van der Waals surface area contributed by atoms with E-state index in [1.54, 1.807) is 12.3 Å². The van der Waals surface area contributed by atoms with Gasteiger partial charge in [0.1, 0.15) is 33.4 Å². The van der Waals surface area contributed by atoms with Gasteiger partial charge in [0.2, 0.25) is 0 Å². The molecule has 6 rings (SSSR count). The van der Waals surface area contributed by atoms with Crippen molar-refractivity contribution >= 4 is 17.4 Å². The Morgan fingerprint density at radius 1 is 1.19 bits per heavy atom. The summed E-state index contributed by atoms with van der Waals surface area (Å²) in [7, 11) is 0. The summed E-state index contributed by atoms with van der Waals surface area (Å²) in [4.78, 5) is 16.7. The summed E-state index contributed by atoms with van der Waals surface area (Å²) in [5.41, 5.74) is 1.42. The van der Waals surface area contributed by atoms with E-state index in [-0.39, 0.29) is 0 Å². The summed E-state index contributed by atoms with van der Waals surface area (Å²) >= 11 is 1.18. The number of ether oxygens (including phenoxy) is 1. The van der Waals surface area contributed by atoms with Gasteiger partial charge in [-0.25, -0.2) is 14.4 Å². The molecule has 0 aliphatic carbocycles. The minimum atomic E-state index is -0.453. The number of hydrogen-bond acceptors (Lipinski definition) is 10. The van der Waals surface area contributed by atoms with E-state index in [0.29, 0.717) is 41.8 Å². The van der Waals surface area contributed by atoms with Gasteiger partial charge in [-0.1, -0.05) is 11.4 Å². The van der Waals surface area contributed by atoms with Gasteiger partial charge in [-0.2, -0.15) is 0 Å². The molecule has 32 heavy (non-hydrogen) atoms. The highest BCUT2D eigenvalue weighted by molar-refractivity contribution is 7.09. The quantitative estimate of drug-likeness (QED) is 0.464. The molecule has 0 spiro atoms. The molecule has 4 aromatic rings. The van der Waals surface area contributed by atoms with Gasteiger partial charge in [-0.15, -0.1) is 15.3 Å². The van der Waals surface area contributed by atoms with Gasteiger partial charge in [0.05, 0.1) is 31.3 Å². The predicted molar refractivity (Wildman–Crippen MR) is 114 cm³/mol. The Hall–Kier alpha value is -3.38. The predicted octanol–water partition coefficient (Wildman–Crippen LogP) is 2.54. The maximum atomic E-state index is 13.3. The fourth-order valence-corrected chi connectivity index (χ4v) is 5.05. The third-order valence-electron chi connectivity index (χ3n) is 6.05. The van der Waals surface area contributed by atoms with Gasteiger partial charge in [0.15, 0.2) is 17.5 Å². The van der Waals surface area contributed by atoms with Crippen molar-refractivity contribution in [3.05, 3.63) is 42.0 Å². The molecule has 0 saturated carbocycles. The largest absolute Gasteiger partial charge is 0.377 e. The van der Waals surface area contributed by atoms with Crippen LogP contribution in [0.3, 0.4) is 0 Å². The highest BCUT2D eigenvalue weighted by atomic mass is 32.1. The lowest BCUT2D eigenvalue weighted by atomic mass is 9.90. The first kappa shape index (κ1) is 19.3. The number of pyridine rings is 1. The average Bonchev–Trinajstić information content (AvgIpc) is 3.47. The van der Waals surface area contributed by atoms with Gasteiger partial charge in [-0.05, 0) is 37.0 Å². The van der Waals surface area contributed by atoms with Crippen LogP contribution in [0, 0.1) is 12.7 Å². The third kappa shape index (κ3) is 2.62. The first-order valence-corrected chi connectivity index (χ1v) is 11.0. The molecule has 0 radical (unpaired) electrons. The normalized spacial score (nSPS) is 19.4. The molecule has 10 nitrogen and oxygen atoms in total. The van der Waals surface area contributed by atoms with E-state index in [1.165, 1.54) is 17.6 Å². The van der Waals surface area contributed by atoms with Crippen molar-refractivity contribution in [2.75, 3.05) is 24.7 Å². The highest BCUT2D eigenvalue weighted by Crippen LogP contribution is 2.45. The average molecular weight is 451 g/mol. The molecule has 0 amide bonds. The Morgan fingerprint density at radius 2 is 2.09 bits per heavy atom. The minimum Gasteiger partial charge on any atom is -0.377 e. The zero-order chi connectivity index (χ0) is 21.9. The second kappa shape index (κ2) is 7.07. The van der Waals surface area contributed by atoms with E-state index in [0.717, 1.165) is 35.8 Å². The Bertz CT molecular complexity index is 1320. The fourth-order valence-electron chi connectivity index (χ4n) is 4.44. The van der Waals surface area contributed by atoms with E-state index in [9.17, 15) is 4.39 Å². The number of aryl methyl sites for hydroxylation is 1. The monoisotopic (exact) mass is 451 g/mol. The molecular formula is C20H18FN9OS. The lowest BCUT2D eigenvalue weighted by Crippen LogP contribution is -2.58. The van der Waals surface area contributed by atoms with Crippen LogP contribution in [-0.2, 0) is 10.3 Å². The van der Waals surface area contributed by atoms with Crippen molar-refractivity contribution in [1.82, 2.24) is 39.3 Å². The Balaban J connectivity index is 1.53. The maximum absolute atomic E-state index is 13.3. The van der Waals surface area contributed by atoms with Crippen molar-refractivity contribution in [2.24, 2.45) is 0 Å². The molecule has 162 valence electrons. The molecule has 0 aromatic carbocycles. The smallest absolute Gasteiger partial charge is 0.175 e. The first-order chi connectivity index (χ1) is 15.6.